The lowest BCUT2D eigenvalue weighted by Crippen LogP contribution is -2.05. The lowest BCUT2D eigenvalue weighted by Gasteiger charge is -2.07. The number of benzene rings is 1. The lowest BCUT2D eigenvalue weighted by atomic mass is 10.0. The zero-order chi connectivity index (χ0) is 10.6. The van der Waals surface area contributed by atoms with Gasteiger partial charge in [-0.2, -0.15) is 0 Å². The summed E-state index contributed by atoms with van der Waals surface area (Å²) < 4.78 is 0. The molecule has 0 aliphatic heterocycles. The Bertz CT molecular complexity index is 358. The smallest absolute Gasteiger partial charge is 0.307 e. The van der Waals surface area contributed by atoms with Crippen molar-refractivity contribution in [1.29, 1.82) is 0 Å². The van der Waals surface area contributed by atoms with E-state index in [1.165, 1.54) is 0 Å². The molecule has 1 aromatic rings. The van der Waals surface area contributed by atoms with Crippen LogP contribution in [0.1, 0.15) is 11.1 Å². The number of aliphatic carboxylic acids is 1. The summed E-state index contributed by atoms with van der Waals surface area (Å²) in [6.45, 7) is 3.62. The van der Waals surface area contributed by atoms with E-state index in [9.17, 15) is 4.79 Å². The monoisotopic (exact) mass is 191 g/mol. The normalized spacial score (nSPS) is 9.71. The Morgan fingerprint density at radius 2 is 2.14 bits per heavy atom. The summed E-state index contributed by atoms with van der Waals surface area (Å²) in [5.74, 6) is -0.868. The number of carboxylic acids is 1. The number of hydrogen-bond acceptors (Lipinski definition) is 2. The van der Waals surface area contributed by atoms with E-state index in [0.29, 0.717) is 17.7 Å². The molecule has 0 heterocycles. The lowest BCUT2D eigenvalue weighted by molar-refractivity contribution is -0.136. The molecule has 0 atom stereocenters. The van der Waals surface area contributed by atoms with Gasteiger partial charge in [-0.15, -0.1) is 6.58 Å². The van der Waals surface area contributed by atoms with Crippen LogP contribution in [0.3, 0.4) is 0 Å². The first-order chi connectivity index (χ1) is 6.65. The number of rotatable bonds is 4. The molecule has 0 unspecified atom stereocenters. The molecule has 74 valence electrons. The van der Waals surface area contributed by atoms with E-state index in [1.54, 1.807) is 12.1 Å². The van der Waals surface area contributed by atoms with Crippen LogP contribution in [0.5, 0.6) is 0 Å². The molecule has 14 heavy (non-hydrogen) atoms. The second-order valence-electron chi connectivity index (χ2n) is 3.05. The van der Waals surface area contributed by atoms with Gasteiger partial charge in [-0.05, 0) is 17.5 Å². The number of carbonyl (C=O) groups is 1. The Balaban J connectivity index is 3.00. The molecule has 0 saturated heterocycles. The molecule has 0 aliphatic rings. The molecule has 3 heteroatoms. The standard InChI is InChI=1S/C11H13NO2/c1-2-4-8-5-3-6-9(11(8)12)7-10(13)14/h2-3,5-6H,1,4,7,12H2,(H,13,14). The van der Waals surface area contributed by atoms with Crippen LogP contribution in [-0.4, -0.2) is 11.1 Å². The van der Waals surface area contributed by atoms with Crippen molar-refractivity contribution in [3.05, 3.63) is 42.0 Å². The predicted octanol–water partition coefficient (Wildman–Crippen LogP) is 1.62. The van der Waals surface area contributed by atoms with E-state index in [2.05, 4.69) is 6.58 Å². The molecule has 0 radical (unpaired) electrons. The van der Waals surface area contributed by atoms with Crippen LogP contribution in [0.15, 0.2) is 30.9 Å². The second-order valence-corrected chi connectivity index (χ2v) is 3.05. The van der Waals surface area contributed by atoms with Gasteiger partial charge < -0.3 is 10.8 Å². The van der Waals surface area contributed by atoms with Gasteiger partial charge in [0, 0.05) is 5.69 Å². The van der Waals surface area contributed by atoms with Crippen LogP contribution >= 0.6 is 0 Å². The summed E-state index contributed by atoms with van der Waals surface area (Å²) in [6.07, 6.45) is 2.38. The average Bonchev–Trinajstić information content (AvgIpc) is 2.11. The molecule has 1 aromatic carbocycles. The number of allylic oxidation sites excluding steroid dienone is 1. The summed E-state index contributed by atoms with van der Waals surface area (Å²) in [7, 11) is 0. The number of nitrogens with two attached hydrogens (primary N) is 1. The third-order valence-electron chi connectivity index (χ3n) is 1.99. The maximum Gasteiger partial charge on any atom is 0.307 e. The second kappa shape index (κ2) is 4.46. The van der Waals surface area contributed by atoms with Crippen LogP contribution in [0, 0.1) is 0 Å². The van der Waals surface area contributed by atoms with Crippen molar-refractivity contribution in [2.75, 3.05) is 5.73 Å². The molecule has 0 aromatic heterocycles. The van der Waals surface area contributed by atoms with Gasteiger partial charge in [0.05, 0.1) is 6.42 Å². The summed E-state index contributed by atoms with van der Waals surface area (Å²) in [6, 6.07) is 5.42. The quantitative estimate of drug-likeness (QED) is 0.561. The zero-order valence-electron chi connectivity index (χ0n) is 7.86. The first-order valence-electron chi connectivity index (χ1n) is 4.34. The van der Waals surface area contributed by atoms with Gasteiger partial charge in [-0.1, -0.05) is 24.3 Å². The van der Waals surface area contributed by atoms with Gasteiger partial charge >= 0.3 is 5.97 Å². The number of para-hydroxylation sites is 1. The van der Waals surface area contributed by atoms with Crippen LogP contribution in [0.4, 0.5) is 5.69 Å². The van der Waals surface area contributed by atoms with Crippen LogP contribution in [0.2, 0.25) is 0 Å². The maximum atomic E-state index is 10.5. The van der Waals surface area contributed by atoms with E-state index in [0.717, 1.165) is 5.56 Å². The SMILES string of the molecule is C=CCc1cccc(CC(=O)O)c1N. The molecule has 0 saturated carbocycles. The largest absolute Gasteiger partial charge is 0.481 e. The molecular formula is C11H13NO2. The van der Waals surface area contributed by atoms with Crippen molar-refractivity contribution < 1.29 is 9.90 Å². The van der Waals surface area contributed by atoms with Crippen molar-refractivity contribution in [1.82, 2.24) is 0 Å². The third kappa shape index (κ3) is 2.36. The number of anilines is 1. The van der Waals surface area contributed by atoms with Crippen LogP contribution in [0.25, 0.3) is 0 Å². The van der Waals surface area contributed by atoms with Crippen molar-refractivity contribution in [3.8, 4) is 0 Å². The Hall–Kier alpha value is -1.77. The van der Waals surface area contributed by atoms with E-state index < -0.39 is 5.97 Å². The molecule has 0 spiro atoms. The topological polar surface area (TPSA) is 63.3 Å². The van der Waals surface area contributed by atoms with Gasteiger partial charge in [0.2, 0.25) is 0 Å². The molecule has 3 nitrogen and oxygen atoms in total. The van der Waals surface area contributed by atoms with E-state index >= 15 is 0 Å². The molecule has 0 fully saturated rings. The van der Waals surface area contributed by atoms with Gasteiger partial charge in [0.1, 0.15) is 0 Å². The summed E-state index contributed by atoms with van der Waals surface area (Å²) >= 11 is 0. The first kappa shape index (κ1) is 10.3. The Morgan fingerprint density at radius 1 is 1.50 bits per heavy atom. The van der Waals surface area contributed by atoms with Gasteiger partial charge in [0.15, 0.2) is 0 Å². The number of hydrogen-bond donors (Lipinski definition) is 2. The highest BCUT2D eigenvalue weighted by atomic mass is 16.4. The van der Waals surface area contributed by atoms with Crippen LogP contribution < -0.4 is 5.73 Å². The summed E-state index contributed by atoms with van der Waals surface area (Å²) in [4.78, 5) is 10.5. The van der Waals surface area contributed by atoms with Crippen molar-refractivity contribution in [2.45, 2.75) is 12.8 Å². The molecule has 3 N–H and O–H groups in total. The first-order valence-corrected chi connectivity index (χ1v) is 4.34. The molecule has 0 amide bonds. The fraction of sp³-hybridized carbons (Fsp3) is 0.182. The highest BCUT2D eigenvalue weighted by Crippen LogP contribution is 2.18. The average molecular weight is 191 g/mol. The maximum absolute atomic E-state index is 10.5. The highest BCUT2D eigenvalue weighted by Gasteiger charge is 2.06. The minimum Gasteiger partial charge on any atom is -0.481 e. The zero-order valence-corrected chi connectivity index (χ0v) is 7.86. The fourth-order valence-electron chi connectivity index (χ4n) is 1.32. The van der Waals surface area contributed by atoms with E-state index in [1.807, 2.05) is 12.1 Å². The van der Waals surface area contributed by atoms with Gasteiger partial charge in [-0.25, -0.2) is 0 Å². The molecule has 0 bridgehead atoms. The van der Waals surface area contributed by atoms with Gasteiger partial charge in [-0.3, -0.25) is 4.79 Å². The Labute approximate surface area is 82.9 Å². The van der Waals surface area contributed by atoms with Crippen LogP contribution in [-0.2, 0) is 17.6 Å². The third-order valence-corrected chi connectivity index (χ3v) is 1.99. The van der Waals surface area contributed by atoms with Crippen molar-refractivity contribution in [3.63, 3.8) is 0 Å². The summed E-state index contributed by atoms with van der Waals surface area (Å²) in [5.41, 5.74) is 7.96. The highest BCUT2D eigenvalue weighted by molar-refractivity contribution is 5.73. The van der Waals surface area contributed by atoms with Gasteiger partial charge in [0.25, 0.3) is 0 Å². The minimum atomic E-state index is -0.868. The molecule has 1 rings (SSSR count). The molecular weight excluding hydrogens is 178 g/mol. The van der Waals surface area contributed by atoms with Crippen molar-refractivity contribution in [2.24, 2.45) is 0 Å². The predicted molar refractivity (Wildman–Crippen MR) is 56.1 cm³/mol. The Kier molecular flexibility index (Phi) is 3.29. The minimum absolute atomic E-state index is 0.0309. The number of nitrogen functional groups attached to an aromatic ring is 1. The van der Waals surface area contributed by atoms with E-state index in [4.69, 9.17) is 10.8 Å². The fourth-order valence-corrected chi connectivity index (χ4v) is 1.32. The Morgan fingerprint density at radius 3 is 2.71 bits per heavy atom. The summed E-state index contributed by atoms with van der Waals surface area (Å²) in [5, 5.41) is 8.64. The molecule has 0 aliphatic carbocycles. The van der Waals surface area contributed by atoms with E-state index in [-0.39, 0.29) is 6.42 Å². The van der Waals surface area contributed by atoms with Crippen molar-refractivity contribution >= 4 is 11.7 Å². The number of carboxylic acid groups (broad SMARTS) is 1.